The molecule has 17 heavy (non-hydrogen) atoms. The van der Waals surface area contributed by atoms with Crippen molar-refractivity contribution in [1.29, 1.82) is 0 Å². The molecule has 2 aliphatic rings. The second kappa shape index (κ2) is 4.13. The van der Waals surface area contributed by atoms with Gasteiger partial charge in [0.2, 0.25) is 6.79 Å². The van der Waals surface area contributed by atoms with Crippen molar-refractivity contribution in [2.75, 3.05) is 6.79 Å². The number of carbonyl (C=O) groups excluding carboxylic acids is 1. The Morgan fingerprint density at radius 1 is 1.18 bits per heavy atom. The zero-order valence-corrected chi connectivity index (χ0v) is 9.36. The van der Waals surface area contributed by atoms with E-state index in [1.165, 1.54) is 0 Å². The van der Waals surface area contributed by atoms with Crippen LogP contribution in [0.1, 0.15) is 18.4 Å². The molecule has 4 heteroatoms. The molecule has 0 atom stereocenters. The third-order valence-electron chi connectivity index (χ3n) is 2.93. The highest BCUT2D eigenvalue weighted by molar-refractivity contribution is 5.92. The normalized spacial score (nSPS) is 17.2. The monoisotopic (exact) mass is 231 g/mol. The molecule has 1 N–H and O–H groups in total. The molecule has 1 aromatic carbocycles. The lowest BCUT2D eigenvalue weighted by Crippen LogP contribution is -2.10. The number of carbonyl (C=O) groups is 1. The molecule has 3 rings (SSSR count). The summed E-state index contributed by atoms with van der Waals surface area (Å²) in [6.07, 6.45) is 3.14. The lowest BCUT2D eigenvalue weighted by atomic mass is 10.2. The maximum atomic E-state index is 11.1. The van der Waals surface area contributed by atoms with E-state index in [1.54, 1.807) is 6.08 Å². The second-order valence-corrected chi connectivity index (χ2v) is 4.18. The van der Waals surface area contributed by atoms with Gasteiger partial charge >= 0.3 is 0 Å². The summed E-state index contributed by atoms with van der Waals surface area (Å²) in [4.78, 5) is 11.1. The van der Waals surface area contributed by atoms with E-state index in [4.69, 9.17) is 9.47 Å². The van der Waals surface area contributed by atoms with Crippen LogP contribution in [0.25, 0.3) is 0 Å². The Labute approximate surface area is 99.2 Å². The van der Waals surface area contributed by atoms with Gasteiger partial charge in [-0.15, -0.1) is 0 Å². The first kappa shape index (κ1) is 10.2. The molecule has 1 aliphatic carbocycles. The van der Waals surface area contributed by atoms with Gasteiger partial charge in [0.05, 0.1) is 0 Å². The van der Waals surface area contributed by atoms with Gasteiger partial charge in [-0.2, -0.15) is 0 Å². The van der Waals surface area contributed by atoms with Gasteiger partial charge in [0, 0.05) is 24.7 Å². The van der Waals surface area contributed by atoms with Gasteiger partial charge in [-0.25, -0.2) is 0 Å². The predicted octanol–water partition coefficient (Wildman–Crippen LogP) is 1.75. The van der Waals surface area contributed by atoms with Crippen LogP contribution in [-0.4, -0.2) is 12.6 Å². The average molecular weight is 231 g/mol. The van der Waals surface area contributed by atoms with Crippen LogP contribution < -0.4 is 14.8 Å². The lowest BCUT2D eigenvalue weighted by Gasteiger charge is -2.07. The molecule has 0 saturated heterocycles. The zero-order chi connectivity index (χ0) is 11.7. The Kier molecular flexibility index (Phi) is 2.48. The quantitative estimate of drug-likeness (QED) is 0.861. The molecule has 0 spiro atoms. The van der Waals surface area contributed by atoms with Gasteiger partial charge in [0.15, 0.2) is 17.3 Å². The summed E-state index contributed by atoms with van der Waals surface area (Å²) in [5.41, 5.74) is 2.14. The van der Waals surface area contributed by atoms with Crippen molar-refractivity contribution in [3.63, 3.8) is 0 Å². The first-order chi connectivity index (χ1) is 8.31. The Bertz CT molecular complexity index is 493. The van der Waals surface area contributed by atoms with E-state index < -0.39 is 0 Å². The minimum Gasteiger partial charge on any atom is -0.454 e. The Hall–Kier alpha value is -1.97. The van der Waals surface area contributed by atoms with Crippen molar-refractivity contribution in [2.24, 2.45) is 0 Å². The molecule has 0 amide bonds. The second-order valence-electron chi connectivity index (χ2n) is 4.18. The minimum atomic E-state index is 0.207. The standard InChI is InChI=1S/C13H13NO3/c15-11-3-2-10(6-11)14-7-9-1-4-12-13(5-9)17-8-16-12/h1,4-6,14H,2-3,7-8H2. The van der Waals surface area contributed by atoms with Crippen LogP contribution in [0.5, 0.6) is 11.5 Å². The number of hydrogen-bond acceptors (Lipinski definition) is 4. The summed E-state index contributed by atoms with van der Waals surface area (Å²) in [6.45, 7) is 1.00. The molecule has 0 saturated carbocycles. The van der Waals surface area contributed by atoms with Crippen LogP contribution in [0.15, 0.2) is 30.0 Å². The summed E-state index contributed by atoms with van der Waals surface area (Å²) in [5.74, 6) is 1.79. The van der Waals surface area contributed by atoms with E-state index >= 15 is 0 Å². The van der Waals surface area contributed by atoms with Gasteiger partial charge in [0.25, 0.3) is 0 Å². The highest BCUT2D eigenvalue weighted by Crippen LogP contribution is 2.32. The first-order valence-electron chi connectivity index (χ1n) is 5.67. The molecule has 0 unspecified atom stereocenters. The van der Waals surface area contributed by atoms with Crippen LogP contribution in [-0.2, 0) is 11.3 Å². The van der Waals surface area contributed by atoms with E-state index in [9.17, 15) is 4.79 Å². The molecular weight excluding hydrogens is 218 g/mol. The van der Waals surface area contributed by atoms with E-state index in [2.05, 4.69) is 5.32 Å². The van der Waals surface area contributed by atoms with E-state index in [1.807, 2.05) is 18.2 Å². The molecule has 0 aromatic heterocycles. The van der Waals surface area contributed by atoms with Crippen molar-refractivity contribution < 1.29 is 14.3 Å². The van der Waals surface area contributed by atoms with E-state index in [0.717, 1.165) is 29.2 Å². The number of ether oxygens (including phenoxy) is 2. The number of ketones is 1. The Balaban J connectivity index is 1.66. The number of allylic oxidation sites excluding steroid dienone is 2. The van der Waals surface area contributed by atoms with E-state index in [0.29, 0.717) is 19.8 Å². The van der Waals surface area contributed by atoms with Crippen LogP contribution in [0, 0.1) is 0 Å². The minimum absolute atomic E-state index is 0.207. The average Bonchev–Trinajstić information content (AvgIpc) is 2.94. The molecule has 1 aromatic rings. The van der Waals surface area contributed by atoms with Gasteiger partial charge in [-0.3, -0.25) is 4.79 Å². The predicted molar refractivity (Wildman–Crippen MR) is 61.7 cm³/mol. The number of rotatable bonds is 3. The molecule has 88 valence electrons. The molecule has 1 aliphatic heterocycles. The van der Waals surface area contributed by atoms with Crippen LogP contribution >= 0.6 is 0 Å². The van der Waals surface area contributed by atoms with Crippen molar-refractivity contribution in [3.8, 4) is 11.5 Å². The fourth-order valence-electron chi connectivity index (χ4n) is 2.00. The first-order valence-corrected chi connectivity index (χ1v) is 5.67. The summed E-state index contributed by atoms with van der Waals surface area (Å²) in [5, 5.41) is 3.26. The number of hydrogen-bond donors (Lipinski definition) is 1. The number of fused-ring (bicyclic) bond motifs is 1. The highest BCUT2D eigenvalue weighted by Gasteiger charge is 2.14. The molecule has 0 fully saturated rings. The summed E-state index contributed by atoms with van der Waals surface area (Å²) in [6, 6.07) is 5.87. The fourth-order valence-corrected chi connectivity index (χ4v) is 2.00. The Morgan fingerprint density at radius 2 is 2.06 bits per heavy atom. The molecule has 0 bridgehead atoms. The van der Waals surface area contributed by atoms with Crippen LogP contribution in [0.3, 0.4) is 0 Å². The summed E-state index contributed by atoms with van der Waals surface area (Å²) in [7, 11) is 0. The third kappa shape index (κ3) is 2.11. The van der Waals surface area contributed by atoms with Gasteiger partial charge in [-0.05, 0) is 24.1 Å². The SMILES string of the molecule is O=C1C=C(NCc2ccc3c(c2)OCO3)CC1. The van der Waals surface area contributed by atoms with Crippen molar-refractivity contribution in [3.05, 3.63) is 35.5 Å². The summed E-state index contributed by atoms with van der Waals surface area (Å²) < 4.78 is 10.6. The molecule has 0 radical (unpaired) electrons. The zero-order valence-electron chi connectivity index (χ0n) is 9.36. The largest absolute Gasteiger partial charge is 0.454 e. The third-order valence-corrected chi connectivity index (χ3v) is 2.93. The smallest absolute Gasteiger partial charge is 0.231 e. The summed E-state index contributed by atoms with van der Waals surface area (Å²) >= 11 is 0. The van der Waals surface area contributed by atoms with Crippen molar-refractivity contribution in [1.82, 2.24) is 5.32 Å². The molecule has 1 heterocycles. The topological polar surface area (TPSA) is 47.6 Å². The number of nitrogens with one attached hydrogen (secondary N) is 1. The number of benzene rings is 1. The van der Waals surface area contributed by atoms with Crippen molar-refractivity contribution >= 4 is 5.78 Å². The molecular formula is C13H13NO3. The van der Waals surface area contributed by atoms with Crippen molar-refractivity contribution in [2.45, 2.75) is 19.4 Å². The van der Waals surface area contributed by atoms with E-state index in [-0.39, 0.29) is 5.78 Å². The maximum Gasteiger partial charge on any atom is 0.231 e. The lowest BCUT2D eigenvalue weighted by molar-refractivity contribution is -0.114. The highest BCUT2D eigenvalue weighted by atomic mass is 16.7. The Morgan fingerprint density at radius 3 is 2.88 bits per heavy atom. The van der Waals surface area contributed by atoms with Crippen LogP contribution in [0.2, 0.25) is 0 Å². The van der Waals surface area contributed by atoms with Crippen LogP contribution in [0.4, 0.5) is 0 Å². The van der Waals surface area contributed by atoms with Gasteiger partial charge in [0.1, 0.15) is 0 Å². The van der Waals surface area contributed by atoms with Gasteiger partial charge in [-0.1, -0.05) is 6.07 Å². The van der Waals surface area contributed by atoms with Gasteiger partial charge < -0.3 is 14.8 Å². The fraction of sp³-hybridized carbons (Fsp3) is 0.308. The molecule has 4 nitrogen and oxygen atoms in total. The maximum absolute atomic E-state index is 11.1.